The summed E-state index contributed by atoms with van der Waals surface area (Å²) in [6.45, 7) is 0.793. The molecule has 2 atom stereocenters. The van der Waals surface area contributed by atoms with Crippen LogP contribution in [0.25, 0.3) is 11.1 Å². The number of aromatic nitrogens is 3. The molecule has 3 aromatic rings. The number of halogens is 1. The van der Waals surface area contributed by atoms with Gasteiger partial charge in [-0.3, -0.25) is 4.79 Å². The second-order valence-corrected chi connectivity index (χ2v) is 7.09. The van der Waals surface area contributed by atoms with E-state index in [1.165, 1.54) is 16.8 Å². The van der Waals surface area contributed by atoms with E-state index in [0.29, 0.717) is 24.3 Å². The smallest absolute Gasteiger partial charge is 0.296 e. The van der Waals surface area contributed by atoms with Crippen LogP contribution in [-0.4, -0.2) is 34.0 Å². The standard InChI is InChI=1S/C19H19FN4O3/c20-12-5-6-14-17(8-12)27-19(21-14)22-15-9-26-10-16(15)24-18(25)7-11-3-1-2-4-13(11)23-24/h5-8,15-16H,1-4,9-10H2,(H,21,22). The summed E-state index contributed by atoms with van der Waals surface area (Å²) in [5.41, 5.74) is 2.89. The summed E-state index contributed by atoms with van der Waals surface area (Å²) >= 11 is 0. The van der Waals surface area contributed by atoms with Crippen molar-refractivity contribution in [1.29, 1.82) is 0 Å². The first-order valence-corrected chi connectivity index (χ1v) is 9.19. The molecule has 8 heteroatoms. The van der Waals surface area contributed by atoms with Crippen LogP contribution in [0.3, 0.4) is 0 Å². The quantitative estimate of drug-likeness (QED) is 0.763. The van der Waals surface area contributed by atoms with E-state index in [-0.39, 0.29) is 29.5 Å². The third kappa shape index (κ3) is 2.99. The number of nitrogens with zero attached hydrogens (tertiary/aromatic N) is 3. The highest BCUT2D eigenvalue weighted by Gasteiger charge is 2.33. The second-order valence-electron chi connectivity index (χ2n) is 7.09. The summed E-state index contributed by atoms with van der Waals surface area (Å²) < 4.78 is 26.1. The third-order valence-electron chi connectivity index (χ3n) is 5.26. The number of aryl methyl sites for hydroxylation is 2. The molecule has 0 spiro atoms. The molecule has 0 amide bonds. The lowest BCUT2D eigenvalue weighted by Gasteiger charge is -2.22. The number of hydrogen-bond donors (Lipinski definition) is 1. The molecule has 2 unspecified atom stereocenters. The summed E-state index contributed by atoms with van der Waals surface area (Å²) in [5.74, 6) is -0.378. The Morgan fingerprint density at radius 2 is 2.07 bits per heavy atom. The topological polar surface area (TPSA) is 82.2 Å². The van der Waals surface area contributed by atoms with Gasteiger partial charge in [-0.25, -0.2) is 9.07 Å². The molecule has 1 fully saturated rings. The summed E-state index contributed by atoms with van der Waals surface area (Å²) in [6, 6.07) is 5.72. The van der Waals surface area contributed by atoms with E-state index >= 15 is 0 Å². The van der Waals surface area contributed by atoms with Crippen molar-refractivity contribution in [1.82, 2.24) is 14.8 Å². The Bertz CT molecular complexity index is 1060. The van der Waals surface area contributed by atoms with Crippen LogP contribution in [0.4, 0.5) is 10.4 Å². The van der Waals surface area contributed by atoms with Gasteiger partial charge < -0.3 is 14.5 Å². The molecule has 0 saturated carbocycles. The molecule has 1 aromatic carbocycles. The summed E-state index contributed by atoms with van der Waals surface area (Å²) in [6.07, 6.45) is 4.02. The van der Waals surface area contributed by atoms with Crippen LogP contribution in [0.5, 0.6) is 0 Å². The van der Waals surface area contributed by atoms with Crippen molar-refractivity contribution in [3.8, 4) is 0 Å². The average molecular weight is 370 g/mol. The predicted molar refractivity (Wildman–Crippen MR) is 96.4 cm³/mol. The second kappa shape index (κ2) is 6.45. The molecule has 1 aliphatic heterocycles. The highest BCUT2D eigenvalue weighted by atomic mass is 19.1. The predicted octanol–water partition coefficient (Wildman–Crippen LogP) is 2.45. The minimum Gasteiger partial charge on any atom is -0.423 e. The fourth-order valence-electron chi connectivity index (χ4n) is 3.86. The van der Waals surface area contributed by atoms with Gasteiger partial charge in [-0.05, 0) is 43.4 Å². The summed E-state index contributed by atoms with van der Waals surface area (Å²) in [5, 5.41) is 7.81. The van der Waals surface area contributed by atoms with Crippen molar-refractivity contribution in [3.05, 3.63) is 51.7 Å². The minimum atomic E-state index is -0.378. The molecule has 0 bridgehead atoms. The molecule has 2 aliphatic rings. The highest BCUT2D eigenvalue weighted by molar-refractivity contribution is 5.74. The van der Waals surface area contributed by atoms with Crippen molar-refractivity contribution >= 4 is 17.1 Å². The van der Waals surface area contributed by atoms with E-state index in [1.54, 1.807) is 12.1 Å². The highest BCUT2D eigenvalue weighted by Crippen LogP contribution is 2.26. The first-order valence-electron chi connectivity index (χ1n) is 9.19. The van der Waals surface area contributed by atoms with Crippen molar-refractivity contribution in [2.24, 2.45) is 0 Å². The van der Waals surface area contributed by atoms with Gasteiger partial charge in [0, 0.05) is 12.1 Å². The van der Waals surface area contributed by atoms with Gasteiger partial charge in [0.05, 0.1) is 24.9 Å². The van der Waals surface area contributed by atoms with Crippen LogP contribution in [0, 0.1) is 5.82 Å². The Morgan fingerprint density at radius 1 is 1.19 bits per heavy atom. The lowest BCUT2D eigenvalue weighted by Crippen LogP contribution is -2.38. The molecular formula is C19H19FN4O3. The van der Waals surface area contributed by atoms with E-state index in [1.807, 2.05) is 0 Å². The van der Waals surface area contributed by atoms with Gasteiger partial charge in [-0.15, -0.1) is 0 Å². The van der Waals surface area contributed by atoms with Crippen molar-refractivity contribution in [2.45, 2.75) is 37.8 Å². The Kier molecular flexibility index (Phi) is 3.93. The largest absolute Gasteiger partial charge is 0.423 e. The zero-order valence-corrected chi connectivity index (χ0v) is 14.7. The molecule has 2 aromatic heterocycles. The number of fused-ring (bicyclic) bond motifs is 2. The fourth-order valence-corrected chi connectivity index (χ4v) is 3.86. The summed E-state index contributed by atoms with van der Waals surface area (Å²) in [7, 11) is 0. The van der Waals surface area contributed by atoms with Gasteiger partial charge in [0.25, 0.3) is 11.6 Å². The number of nitrogens with one attached hydrogen (secondary N) is 1. The van der Waals surface area contributed by atoms with Gasteiger partial charge in [0.1, 0.15) is 17.4 Å². The van der Waals surface area contributed by atoms with Gasteiger partial charge in [0.2, 0.25) is 0 Å². The lowest BCUT2D eigenvalue weighted by molar-refractivity contribution is 0.182. The summed E-state index contributed by atoms with van der Waals surface area (Å²) in [4.78, 5) is 16.9. The Hall–Kier alpha value is -2.74. The maximum Gasteiger partial charge on any atom is 0.296 e. The number of ether oxygens (including phenoxy) is 1. The lowest BCUT2D eigenvalue weighted by atomic mass is 9.97. The van der Waals surface area contributed by atoms with E-state index in [0.717, 1.165) is 36.9 Å². The molecule has 1 N–H and O–H groups in total. The normalized spacial score (nSPS) is 22.1. The van der Waals surface area contributed by atoms with E-state index in [9.17, 15) is 9.18 Å². The SMILES string of the molecule is O=c1cc2c(nn1C1COCC1Nc1nc3ccc(F)cc3o1)CCCC2. The van der Waals surface area contributed by atoms with E-state index in [2.05, 4.69) is 15.4 Å². The molecular weight excluding hydrogens is 351 g/mol. The van der Waals surface area contributed by atoms with Crippen molar-refractivity contribution in [2.75, 3.05) is 18.5 Å². The van der Waals surface area contributed by atoms with Crippen LogP contribution in [0.2, 0.25) is 0 Å². The molecule has 1 saturated heterocycles. The Balaban J connectivity index is 1.44. The van der Waals surface area contributed by atoms with Crippen molar-refractivity contribution in [3.63, 3.8) is 0 Å². The van der Waals surface area contributed by atoms with Gasteiger partial charge in [-0.1, -0.05) is 0 Å². The molecule has 27 heavy (non-hydrogen) atoms. The average Bonchev–Trinajstić information content (AvgIpc) is 3.27. The van der Waals surface area contributed by atoms with E-state index in [4.69, 9.17) is 9.15 Å². The number of hydrogen-bond acceptors (Lipinski definition) is 6. The molecule has 3 heterocycles. The number of oxazole rings is 1. The van der Waals surface area contributed by atoms with Gasteiger partial charge in [-0.2, -0.15) is 10.1 Å². The Labute approximate surface area is 154 Å². The molecule has 0 radical (unpaired) electrons. The zero-order chi connectivity index (χ0) is 18.4. The molecule has 140 valence electrons. The van der Waals surface area contributed by atoms with Crippen molar-refractivity contribution < 1.29 is 13.5 Å². The van der Waals surface area contributed by atoms with Crippen LogP contribution < -0.4 is 10.9 Å². The monoisotopic (exact) mass is 370 g/mol. The zero-order valence-electron chi connectivity index (χ0n) is 14.7. The van der Waals surface area contributed by atoms with Crippen LogP contribution >= 0.6 is 0 Å². The van der Waals surface area contributed by atoms with Gasteiger partial charge >= 0.3 is 0 Å². The third-order valence-corrected chi connectivity index (χ3v) is 5.26. The minimum absolute atomic E-state index is 0.113. The Morgan fingerprint density at radius 3 is 3.00 bits per heavy atom. The van der Waals surface area contributed by atoms with Crippen LogP contribution in [0.15, 0.2) is 33.5 Å². The number of rotatable bonds is 3. The number of benzene rings is 1. The fraction of sp³-hybridized carbons (Fsp3) is 0.421. The molecule has 5 rings (SSSR count). The molecule has 7 nitrogen and oxygen atoms in total. The first kappa shape index (κ1) is 16.4. The van der Waals surface area contributed by atoms with E-state index < -0.39 is 0 Å². The van der Waals surface area contributed by atoms with Gasteiger partial charge in [0.15, 0.2) is 5.58 Å². The number of anilines is 1. The van der Waals surface area contributed by atoms with Crippen LogP contribution in [0.1, 0.15) is 30.1 Å². The maximum atomic E-state index is 13.3. The first-order chi connectivity index (χ1) is 13.2. The molecule has 1 aliphatic carbocycles. The maximum absolute atomic E-state index is 13.3. The van der Waals surface area contributed by atoms with Crippen LogP contribution in [-0.2, 0) is 17.6 Å².